The lowest BCUT2D eigenvalue weighted by molar-refractivity contribution is 0.100. The third-order valence-corrected chi connectivity index (χ3v) is 4.92. The summed E-state index contributed by atoms with van der Waals surface area (Å²) in [6, 6.07) is 14.7. The normalized spacial score (nSPS) is 13.8. The van der Waals surface area contributed by atoms with Crippen molar-refractivity contribution in [2.24, 2.45) is 5.73 Å². The van der Waals surface area contributed by atoms with Gasteiger partial charge >= 0.3 is 0 Å². The van der Waals surface area contributed by atoms with Crippen LogP contribution in [0.1, 0.15) is 15.9 Å². The fourth-order valence-corrected chi connectivity index (χ4v) is 3.39. The molecule has 0 saturated carbocycles. The van der Waals surface area contributed by atoms with Gasteiger partial charge in [0.25, 0.3) is 5.91 Å². The largest absolute Gasteiger partial charge is 0.508 e. The van der Waals surface area contributed by atoms with Gasteiger partial charge in [-0.1, -0.05) is 24.3 Å². The SMILES string of the molecule is NC(=O)c1c(NCc2ccc(O)cc2)n[nH]c1Nc1ccccc1N1CCOCC1. The highest BCUT2D eigenvalue weighted by Gasteiger charge is 2.21. The van der Waals surface area contributed by atoms with E-state index in [1.807, 2.05) is 24.3 Å². The van der Waals surface area contributed by atoms with E-state index in [4.69, 9.17) is 10.5 Å². The number of hydrogen-bond acceptors (Lipinski definition) is 7. The second-order valence-corrected chi connectivity index (χ2v) is 6.95. The number of rotatable bonds is 7. The fourth-order valence-electron chi connectivity index (χ4n) is 3.39. The van der Waals surface area contributed by atoms with Gasteiger partial charge in [-0.2, -0.15) is 5.10 Å². The number of nitrogens with one attached hydrogen (secondary N) is 3. The number of phenolic OH excluding ortho intramolecular Hbond substituents is 1. The van der Waals surface area contributed by atoms with Crippen LogP contribution in [0.4, 0.5) is 23.0 Å². The molecule has 0 atom stereocenters. The molecule has 0 spiro atoms. The molecule has 6 N–H and O–H groups in total. The average Bonchev–Trinajstić information content (AvgIpc) is 3.17. The number of phenols is 1. The van der Waals surface area contributed by atoms with Crippen LogP contribution in [0.15, 0.2) is 48.5 Å². The van der Waals surface area contributed by atoms with Gasteiger partial charge in [0.1, 0.15) is 17.1 Å². The third-order valence-electron chi connectivity index (χ3n) is 4.92. The van der Waals surface area contributed by atoms with Gasteiger partial charge in [0.2, 0.25) is 0 Å². The van der Waals surface area contributed by atoms with Gasteiger partial charge in [-0.3, -0.25) is 9.89 Å². The van der Waals surface area contributed by atoms with Crippen LogP contribution in [0.2, 0.25) is 0 Å². The molecular weight excluding hydrogens is 384 g/mol. The molecule has 0 bridgehead atoms. The molecule has 30 heavy (non-hydrogen) atoms. The van der Waals surface area contributed by atoms with E-state index in [-0.39, 0.29) is 11.3 Å². The van der Waals surface area contributed by atoms with Gasteiger partial charge in [-0.15, -0.1) is 0 Å². The first kappa shape index (κ1) is 19.6. The first-order chi connectivity index (χ1) is 14.6. The van der Waals surface area contributed by atoms with E-state index in [1.165, 1.54) is 0 Å². The van der Waals surface area contributed by atoms with Crippen LogP contribution in [-0.2, 0) is 11.3 Å². The molecule has 0 radical (unpaired) electrons. The van der Waals surface area contributed by atoms with E-state index in [0.717, 1.165) is 30.0 Å². The first-order valence-electron chi connectivity index (χ1n) is 9.70. The molecule has 2 heterocycles. The van der Waals surface area contributed by atoms with Crippen molar-refractivity contribution in [2.75, 3.05) is 41.8 Å². The zero-order chi connectivity index (χ0) is 20.9. The van der Waals surface area contributed by atoms with Gasteiger partial charge in [-0.25, -0.2) is 0 Å². The van der Waals surface area contributed by atoms with Gasteiger partial charge in [-0.05, 0) is 29.8 Å². The summed E-state index contributed by atoms with van der Waals surface area (Å²) >= 11 is 0. The molecule has 1 fully saturated rings. The molecule has 0 aliphatic carbocycles. The number of benzene rings is 2. The van der Waals surface area contributed by atoms with Crippen molar-refractivity contribution in [1.29, 1.82) is 0 Å². The highest BCUT2D eigenvalue weighted by molar-refractivity contribution is 6.03. The zero-order valence-corrected chi connectivity index (χ0v) is 16.4. The summed E-state index contributed by atoms with van der Waals surface area (Å²) in [4.78, 5) is 14.4. The van der Waals surface area contributed by atoms with Crippen LogP contribution >= 0.6 is 0 Å². The Morgan fingerprint density at radius 1 is 1.17 bits per heavy atom. The van der Waals surface area contributed by atoms with Crippen LogP contribution in [0.5, 0.6) is 5.75 Å². The predicted octanol–water partition coefficient (Wildman–Crippen LogP) is 2.41. The summed E-state index contributed by atoms with van der Waals surface area (Å²) in [5.74, 6) is 0.392. The van der Waals surface area contributed by atoms with E-state index >= 15 is 0 Å². The number of para-hydroxylation sites is 2. The molecule has 9 nitrogen and oxygen atoms in total. The number of carbonyl (C=O) groups is 1. The van der Waals surface area contributed by atoms with Crippen molar-refractivity contribution in [3.05, 3.63) is 59.7 Å². The van der Waals surface area contributed by atoms with E-state index < -0.39 is 5.91 Å². The quantitative estimate of drug-likeness (QED) is 0.406. The lowest BCUT2D eigenvalue weighted by Gasteiger charge is -2.30. The van der Waals surface area contributed by atoms with Gasteiger partial charge in [0.15, 0.2) is 5.82 Å². The van der Waals surface area contributed by atoms with Gasteiger partial charge < -0.3 is 31.1 Å². The maximum atomic E-state index is 12.2. The standard InChI is InChI=1S/C21H24N6O3/c22-19(29)18-20(23-13-14-5-7-15(28)8-6-14)25-26-21(18)24-16-3-1-2-4-17(16)27-9-11-30-12-10-27/h1-8,28H,9-13H2,(H2,22,29)(H3,23,24,25,26). The monoisotopic (exact) mass is 408 g/mol. The van der Waals surface area contributed by atoms with Crippen LogP contribution in [0, 0.1) is 0 Å². The Balaban J connectivity index is 1.55. The van der Waals surface area contributed by atoms with Crippen molar-refractivity contribution in [3.63, 3.8) is 0 Å². The number of anilines is 4. The molecule has 4 rings (SSSR count). The first-order valence-corrected chi connectivity index (χ1v) is 9.70. The maximum absolute atomic E-state index is 12.2. The molecule has 9 heteroatoms. The molecule has 156 valence electrons. The molecule has 2 aromatic carbocycles. The lowest BCUT2D eigenvalue weighted by atomic mass is 10.2. The highest BCUT2D eigenvalue weighted by atomic mass is 16.5. The number of morpholine rings is 1. The molecule has 0 unspecified atom stereocenters. The highest BCUT2D eigenvalue weighted by Crippen LogP contribution is 2.31. The summed E-state index contributed by atoms with van der Waals surface area (Å²) in [5.41, 5.74) is 8.69. The van der Waals surface area contributed by atoms with E-state index in [9.17, 15) is 9.90 Å². The zero-order valence-electron chi connectivity index (χ0n) is 16.4. The minimum Gasteiger partial charge on any atom is -0.508 e. The Bertz CT molecular complexity index is 1010. The summed E-state index contributed by atoms with van der Waals surface area (Å²) in [7, 11) is 0. The fraction of sp³-hybridized carbons (Fsp3) is 0.238. The summed E-state index contributed by atoms with van der Waals surface area (Å²) in [6.07, 6.45) is 0. The third kappa shape index (κ3) is 4.31. The number of nitrogens with zero attached hydrogens (tertiary/aromatic N) is 2. The van der Waals surface area contributed by atoms with Crippen LogP contribution in [-0.4, -0.2) is 47.5 Å². The number of primary amides is 1. The second kappa shape index (κ2) is 8.75. The lowest BCUT2D eigenvalue weighted by Crippen LogP contribution is -2.36. The Morgan fingerprint density at radius 3 is 2.63 bits per heavy atom. The van der Waals surface area contributed by atoms with Crippen LogP contribution in [0.3, 0.4) is 0 Å². The van der Waals surface area contributed by atoms with Crippen molar-refractivity contribution in [2.45, 2.75) is 6.54 Å². The van der Waals surface area contributed by atoms with Crippen molar-refractivity contribution in [3.8, 4) is 5.75 Å². The number of aromatic amines is 1. The van der Waals surface area contributed by atoms with E-state index in [2.05, 4.69) is 25.7 Å². The number of aromatic hydroxyl groups is 1. The van der Waals surface area contributed by atoms with Crippen molar-refractivity contribution < 1.29 is 14.6 Å². The molecule has 1 aromatic heterocycles. The topological polar surface area (TPSA) is 129 Å². The minimum absolute atomic E-state index is 0.196. The van der Waals surface area contributed by atoms with E-state index in [0.29, 0.717) is 31.4 Å². The summed E-state index contributed by atoms with van der Waals surface area (Å²) in [5, 5.41) is 22.9. The van der Waals surface area contributed by atoms with Crippen molar-refractivity contribution >= 4 is 28.9 Å². The maximum Gasteiger partial charge on any atom is 0.256 e. The van der Waals surface area contributed by atoms with Crippen molar-refractivity contribution in [1.82, 2.24) is 10.2 Å². The summed E-state index contributed by atoms with van der Waals surface area (Å²) < 4.78 is 5.44. The Labute approximate surface area is 173 Å². The number of nitrogens with two attached hydrogens (primary N) is 1. The molecular formula is C21H24N6O3. The van der Waals surface area contributed by atoms with Crippen LogP contribution < -0.4 is 21.3 Å². The molecule has 1 aliphatic rings. The smallest absolute Gasteiger partial charge is 0.256 e. The number of amides is 1. The molecule has 3 aromatic rings. The number of hydrogen-bond donors (Lipinski definition) is 5. The molecule has 1 amide bonds. The number of ether oxygens (including phenoxy) is 1. The number of H-pyrrole nitrogens is 1. The second-order valence-electron chi connectivity index (χ2n) is 6.95. The Morgan fingerprint density at radius 2 is 1.90 bits per heavy atom. The Kier molecular flexibility index (Phi) is 5.71. The average molecular weight is 408 g/mol. The number of aromatic nitrogens is 2. The van der Waals surface area contributed by atoms with Gasteiger partial charge in [0, 0.05) is 19.6 Å². The predicted molar refractivity (Wildman–Crippen MR) is 115 cm³/mol. The number of carbonyl (C=O) groups excluding carboxylic acids is 1. The Hall–Kier alpha value is -3.72. The van der Waals surface area contributed by atoms with Gasteiger partial charge in [0.05, 0.1) is 24.6 Å². The molecule has 1 aliphatic heterocycles. The van der Waals surface area contributed by atoms with Crippen LogP contribution in [0.25, 0.3) is 0 Å². The molecule has 1 saturated heterocycles. The minimum atomic E-state index is -0.594. The summed E-state index contributed by atoms with van der Waals surface area (Å²) in [6.45, 7) is 3.37. The van der Waals surface area contributed by atoms with E-state index in [1.54, 1.807) is 24.3 Å².